The number of nitrogens with two attached hydrogens (primary N) is 1. The second kappa shape index (κ2) is 6.99. The number of rotatable bonds is 7. The Morgan fingerprint density at radius 1 is 1.33 bits per heavy atom. The molecule has 0 amide bonds. The fraction of sp³-hybridized carbons (Fsp3) is 0.308. The fourth-order valence-electron chi connectivity index (χ4n) is 1.63. The molecular formula is C13H17N3O3S2. The van der Waals surface area contributed by atoms with Crippen molar-refractivity contribution in [1.82, 2.24) is 9.71 Å². The second-order valence-electron chi connectivity index (χ2n) is 4.28. The van der Waals surface area contributed by atoms with Crippen LogP contribution >= 0.6 is 11.3 Å². The lowest BCUT2D eigenvalue weighted by Crippen LogP contribution is -2.22. The van der Waals surface area contributed by atoms with Crippen molar-refractivity contribution in [2.75, 3.05) is 13.2 Å². The Morgan fingerprint density at radius 2 is 2.05 bits per heavy atom. The number of aryl methyl sites for hydroxylation is 1. The first-order valence-corrected chi connectivity index (χ1v) is 8.65. The van der Waals surface area contributed by atoms with E-state index in [4.69, 9.17) is 10.5 Å². The molecule has 0 aliphatic heterocycles. The van der Waals surface area contributed by atoms with Gasteiger partial charge in [0, 0.05) is 24.2 Å². The minimum Gasteiger partial charge on any atom is -0.492 e. The first-order chi connectivity index (χ1) is 10.0. The molecule has 2 rings (SSSR count). The van der Waals surface area contributed by atoms with E-state index in [0.29, 0.717) is 18.9 Å². The van der Waals surface area contributed by atoms with Gasteiger partial charge in [-0.05, 0) is 31.2 Å². The highest BCUT2D eigenvalue weighted by molar-refractivity contribution is 7.89. The predicted molar refractivity (Wildman–Crippen MR) is 81.9 cm³/mol. The number of sulfonamides is 1. The third-order valence-electron chi connectivity index (χ3n) is 2.63. The van der Waals surface area contributed by atoms with Crippen LogP contribution in [-0.2, 0) is 16.6 Å². The van der Waals surface area contributed by atoms with Gasteiger partial charge in [0.05, 0.1) is 9.90 Å². The molecule has 3 N–H and O–H groups in total. The first-order valence-electron chi connectivity index (χ1n) is 6.35. The molecule has 0 aliphatic rings. The maximum Gasteiger partial charge on any atom is 0.240 e. The summed E-state index contributed by atoms with van der Waals surface area (Å²) in [5.74, 6) is 0.595. The van der Waals surface area contributed by atoms with Crippen LogP contribution in [0.2, 0.25) is 0 Å². The third-order valence-corrected chi connectivity index (χ3v) is 4.96. The van der Waals surface area contributed by atoms with Crippen LogP contribution in [-0.4, -0.2) is 26.6 Å². The van der Waals surface area contributed by atoms with Crippen LogP contribution in [0, 0.1) is 6.92 Å². The average Bonchev–Trinajstić information content (AvgIpc) is 2.89. The van der Waals surface area contributed by atoms with Crippen LogP contribution in [0.5, 0.6) is 5.75 Å². The number of ether oxygens (including phenoxy) is 1. The van der Waals surface area contributed by atoms with Gasteiger partial charge in [-0.1, -0.05) is 0 Å². The summed E-state index contributed by atoms with van der Waals surface area (Å²) in [6, 6.07) is 6.24. The summed E-state index contributed by atoms with van der Waals surface area (Å²) < 4.78 is 32.2. The maximum atomic E-state index is 12.1. The lowest BCUT2D eigenvalue weighted by molar-refractivity contribution is 0.328. The molecule has 0 radical (unpaired) electrons. The summed E-state index contributed by atoms with van der Waals surface area (Å²) in [7, 11) is -3.54. The zero-order valence-corrected chi connectivity index (χ0v) is 13.2. The molecule has 2 aromatic rings. The zero-order valence-electron chi connectivity index (χ0n) is 11.6. The fourth-order valence-corrected chi connectivity index (χ4v) is 3.46. The van der Waals surface area contributed by atoms with Crippen molar-refractivity contribution in [1.29, 1.82) is 0 Å². The quantitative estimate of drug-likeness (QED) is 0.798. The van der Waals surface area contributed by atoms with E-state index >= 15 is 0 Å². The minimum absolute atomic E-state index is 0.198. The van der Waals surface area contributed by atoms with Gasteiger partial charge in [0.1, 0.15) is 12.4 Å². The van der Waals surface area contributed by atoms with Crippen molar-refractivity contribution in [2.45, 2.75) is 18.4 Å². The van der Waals surface area contributed by atoms with Gasteiger partial charge in [0.15, 0.2) is 0 Å². The van der Waals surface area contributed by atoms with Crippen LogP contribution in [0.4, 0.5) is 0 Å². The normalized spacial score (nSPS) is 11.5. The zero-order chi connectivity index (χ0) is 15.3. The number of hydrogen-bond acceptors (Lipinski definition) is 6. The number of hydrogen-bond donors (Lipinski definition) is 2. The van der Waals surface area contributed by atoms with Crippen LogP contribution in [0.3, 0.4) is 0 Å². The molecule has 114 valence electrons. The van der Waals surface area contributed by atoms with Gasteiger partial charge in [0.2, 0.25) is 10.0 Å². The SMILES string of the molecule is Cc1ncc(CNS(=O)(=O)c2ccc(OCCN)cc2)s1. The van der Waals surface area contributed by atoms with Crippen molar-refractivity contribution in [3.8, 4) is 5.75 Å². The highest BCUT2D eigenvalue weighted by Crippen LogP contribution is 2.17. The van der Waals surface area contributed by atoms with Gasteiger partial charge >= 0.3 is 0 Å². The number of benzene rings is 1. The van der Waals surface area contributed by atoms with Gasteiger partial charge in [0.25, 0.3) is 0 Å². The van der Waals surface area contributed by atoms with E-state index in [0.717, 1.165) is 9.88 Å². The molecule has 21 heavy (non-hydrogen) atoms. The van der Waals surface area contributed by atoms with E-state index in [1.165, 1.54) is 23.5 Å². The molecule has 0 atom stereocenters. The van der Waals surface area contributed by atoms with E-state index in [-0.39, 0.29) is 11.4 Å². The summed E-state index contributed by atoms with van der Waals surface area (Å²) in [4.78, 5) is 5.16. The maximum absolute atomic E-state index is 12.1. The lowest BCUT2D eigenvalue weighted by Gasteiger charge is -2.07. The Hall–Kier alpha value is -1.48. The van der Waals surface area contributed by atoms with E-state index < -0.39 is 10.0 Å². The molecule has 0 bridgehead atoms. The summed E-state index contributed by atoms with van der Waals surface area (Å²) in [5, 5.41) is 0.908. The third kappa shape index (κ3) is 4.50. The highest BCUT2D eigenvalue weighted by Gasteiger charge is 2.14. The van der Waals surface area contributed by atoms with Gasteiger partial charge in [-0.25, -0.2) is 18.1 Å². The van der Waals surface area contributed by atoms with Gasteiger partial charge in [-0.3, -0.25) is 0 Å². The van der Waals surface area contributed by atoms with Crippen molar-refractivity contribution in [3.05, 3.63) is 40.3 Å². The van der Waals surface area contributed by atoms with Gasteiger partial charge < -0.3 is 10.5 Å². The van der Waals surface area contributed by atoms with E-state index in [1.807, 2.05) is 6.92 Å². The summed E-state index contributed by atoms with van der Waals surface area (Å²) in [5.41, 5.74) is 5.34. The topological polar surface area (TPSA) is 94.3 Å². The molecule has 0 saturated heterocycles. The van der Waals surface area contributed by atoms with E-state index in [9.17, 15) is 8.42 Å². The van der Waals surface area contributed by atoms with Crippen molar-refractivity contribution < 1.29 is 13.2 Å². The number of aromatic nitrogens is 1. The second-order valence-corrected chi connectivity index (χ2v) is 7.36. The Morgan fingerprint density at radius 3 is 2.62 bits per heavy atom. The summed E-state index contributed by atoms with van der Waals surface area (Å²) in [6.45, 7) is 2.92. The molecule has 0 unspecified atom stereocenters. The predicted octanol–water partition coefficient (Wildman–Crippen LogP) is 1.27. The Balaban J connectivity index is 2.01. The van der Waals surface area contributed by atoms with E-state index in [2.05, 4.69) is 9.71 Å². The Bertz CT molecular complexity index is 681. The standard InChI is InChI=1S/C13H17N3O3S2/c1-10-15-8-12(20-10)9-16-21(17,18)13-4-2-11(3-5-13)19-7-6-14/h2-5,8,16H,6-7,9,14H2,1H3. The van der Waals surface area contributed by atoms with Crippen LogP contribution in [0.25, 0.3) is 0 Å². The van der Waals surface area contributed by atoms with Crippen molar-refractivity contribution in [2.24, 2.45) is 5.73 Å². The monoisotopic (exact) mass is 327 g/mol. The highest BCUT2D eigenvalue weighted by atomic mass is 32.2. The molecule has 0 spiro atoms. The minimum atomic E-state index is -3.54. The van der Waals surface area contributed by atoms with Crippen LogP contribution in [0.15, 0.2) is 35.4 Å². The molecule has 6 nitrogen and oxygen atoms in total. The summed E-state index contributed by atoms with van der Waals surface area (Å²) >= 11 is 1.47. The van der Waals surface area contributed by atoms with Gasteiger partial charge in [-0.2, -0.15) is 0 Å². The number of nitrogens with one attached hydrogen (secondary N) is 1. The molecular weight excluding hydrogens is 310 g/mol. The molecule has 1 aromatic carbocycles. The lowest BCUT2D eigenvalue weighted by atomic mass is 10.3. The molecule has 1 heterocycles. The molecule has 0 saturated carbocycles. The number of thiazole rings is 1. The molecule has 0 fully saturated rings. The Kier molecular flexibility index (Phi) is 5.29. The Labute approximate surface area is 128 Å². The molecule has 1 aromatic heterocycles. The first kappa shape index (κ1) is 15.9. The van der Waals surface area contributed by atoms with Crippen molar-refractivity contribution in [3.63, 3.8) is 0 Å². The smallest absolute Gasteiger partial charge is 0.240 e. The largest absolute Gasteiger partial charge is 0.492 e. The molecule has 0 aliphatic carbocycles. The number of nitrogens with zero attached hydrogens (tertiary/aromatic N) is 1. The van der Waals surface area contributed by atoms with Gasteiger partial charge in [-0.15, -0.1) is 11.3 Å². The molecule has 8 heteroatoms. The summed E-state index contributed by atoms with van der Waals surface area (Å²) in [6.07, 6.45) is 1.67. The van der Waals surface area contributed by atoms with Crippen LogP contribution < -0.4 is 15.2 Å². The average molecular weight is 327 g/mol. The van der Waals surface area contributed by atoms with Crippen molar-refractivity contribution >= 4 is 21.4 Å². The van der Waals surface area contributed by atoms with Crippen LogP contribution in [0.1, 0.15) is 9.88 Å². The van der Waals surface area contributed by atoms with E-state index in [1.54, 1.807) is 18.3 Å².